The number of aromatic nitrogens is 6. The fraction of sp³-hybridized carbons (Fsp3) is 0.286. The molecule has 204 valence electrons. The van der Waals surface area contributed by atoms with Crippen LogP contribution in [0.1, 0.15) is 50.5 Å². The molecule has 2 aromatic heterocycles. The Morgan fingerprint density at radius 2 is 2.02 bits per heavy atom. The van der Waals surface area contributed by atoms with Gasteiger partial charge in [0.15, 0.2) is 5.82 Å². The van der Waals surface area contributed by atoms with Gasteiger partial charge in [0.05, 0.1) is 28.1 Å². The molecule has 2 amide bonds. The predicted octanol–water partition coefficient (Wildman–Crippen LogP) is 4.96. The van der Waals surface area contributed by atoms with E-state index >= 15 is 4.39 Å². The number of carbonyl (C=O) groups excluding carboxylic acids is 2. The lowest BCUT2D eigenvalue weighted by Gasteiger charge is -2.33. The van der Waals surface area contributed by atoms with E-state index in [4.69, 9.17) is 16.6 Å². The Morgan fingerprint density at radius 1 is 1.20 bits per heavy atom. The van der Waals surface area contributed by atoms with Gasteiger partial charge in [0.25, 0.3) is 0 Å². The molecule has 2 N–H and O–H groups in total. The molecule has 0 bridgehead atoms. The zero-order chi connectivity index (χ0) is 28.0. The molecule has 0 saturated carbocycles. The summed E-state index contributed by atoms with van der Waals surface area (Å²) in [6.07, 6.45) is 6.51. The van der Waals surface area contributed by atoms with Crippen LogP contribution in [0.4, 0.5) is 10.1 Å². The number of H-pyrrole nitrogens is 1. The van der Waals surface area contributed by atoms with E-state index in [1.807, 2.05) is 43.0 Å². The average Bonchev–Trinajstić information content (AvgIpc) is 3.71. The summed E-state index contributed by atoms with van der Waals surface area (Å²) in [6, 6.07) is 10.2. The molecule has 4 aromatic rings. The molecule has 1 unspecified atom stereocenters. The number of nitrogens with zero attached hydrogens (tertiary/aromatic N) is 6. The maximum atomic E-state index is 15.4. The third kappa shape index (κ3) is 4.56. The summed E-state index contributed by atoms with van der Waals surface area (Å²) in [7, 11) is 0. The molecule has 1 saturated heterocycles. The summed E-state index contributed by atoms with van der Waals surface area (Å²) in [5, 5.41) is 14.1. The Balaban J connectivity index is 1.29. The molecule has 0 radical (unpaired) electrons. The number of amides is 2. The monoisotopic (exact) mass is 560 g/mol. The number of benzene rings is 2. The maximum Gasteiger partial charge on any atom is 0.247 e. The number of aromatic amines is 1. The van der Waals surface area contributed by atoms with Crippen LogP contribution >= 0.6 is 11.6 Å². The lowest BCUT2D eigenvalue weighted by molar-refractivity contribution is -0.129. The van der Waals surface area contributed by atoms with Crippen LogP contribution in [0.3, 0.4) is 0 Å². The fourth-order valence-electron chi connectivity index (χ4n) is 5.44. The minimum atomic E-state index is -0.615. The van der Waals surface area contributed by atoms with Crippen LogP contribution in [0.15, 0.2) is 55.0 Å². The van der Waals surface area contributed by atoms with Gasteiger partial charge >= 0.3 is 0 Å². The second kappa shape index (κ2) is 10.3. The molecular weight excluding hydrogens is 535 g/mol. The molecule has 12 heteroatoms. The van der Waals surface area contributed by atoms with Crippen molar-refractivity contribution in [2.75, 3.05) is 5.32 Å². The highest BCUT2D eigenvalue weighted by Crippen LogP contribution is 2.44. The molecule has 10 nitrogen and oxygen atoms in total. The Labute approximate surface area is 234 Å². The summed E-state index contributed by atoms with van der Waals surface area (Å²) in [5.74, 6) is -0.418. The molecule has 4 heterocycles. The van der Waals surface area contributed by atoms with Crippen molar-refractivity contribution in [3.8, 4) is 16.9 Å². The molecule has 2 aliphatic rings. The predicted molar refractivity (Wildman–Crippen MR) is 147 cm³/mol. The molecule has 0 spiro atoms. The van der Waals surface area contributed by atoms with Crippen LogP contribution < -0.4 is 5.32 Å². The Bertz CT molecular complexity index is 1630. The van der Waals surface area contributed by atoms with E-state index in [9.17, 15) is 9.59 Å². The van der Waals surface area contributed by atoms with Gasteiger partial charge in [-0.3, -0.25) is 9.59 Å². The van der Waals surface area contributed by atoms with Gasteiger partial charge in [-0.1, -0.05) is 43.6 Å². The fourth-order valence-corrected chi connectivity index (χ4v) is 5.60. The minimum absolute atomic E-state index is 0.0418. The van der Waals surface area contributed by atoms with E-state index in [0.29, 0.717) is 41.3 Å². The van der Waals surface area contributed by atoms with Crippen molar-refractivity contribution < 1.29 is 14.0 Å². The van der Waals surface area contributed by atoms with E-state index in [-0.39, 0.29) is 40.4 Å². The number of para-hydroxylation sites is 1. The molecule has 2 aromatic carbocycles. The van der Waals surface area contributed by atoms with Crippen LogP contribution in [0, 0.1) is 11.7 Å². The second-order valence-corrected chi connectivity index (χ2v) is 10.6. The van der Waals surface area contributed by atoms with Gasteiger partial charge in [0.2, 0.25) is 11.8 Å². The van der Waals surface area contributed by atoms with Gasteiger partial charge in [0, 0.05) is 35.4 Å². The Kier molecular flexibility index (Phi) is 6.67. The van der Waals surface area contributed by atoms with Crippen molar-refractivity contribution in [1.82, 2.24) is 35.1 Å². The molecule has 0 aliphatic carbocycles. The van der Waals surface area contributed by atoms with Crippen molar-refractivity contribution in [3.05, 3.63) is 77.2 Å². The molecule has 40 heavy (non-hydrogen) atoms. The second-order valence-electron chi connectivity index (χ2n) is 10.2. The largest absolute Gasteiger partial charge is 0.346 e. The first-order valence-corrected chi connectivity index (χ1v) is 13.4. The van der Waals surface area contributed by atoms with Crippen LogP contribution in [0.2, 0.25) is 5.02 Å². The smallest absolute Gasteiger partial charge is 0.247 e. The first kappa shape index (κ1) is 25.9. The Hall–Kier alpha value is -4.38. The number of carbonyl (C=O) groups is 2. The van der Waals surface area contributed by atoms with E-state index in [1.165, 1.54) is 23.2 Å². The summed E-state index contributed by atoms with van der Waals surface area (Å²) >= 11 is 6.13. The summed E-state index contributed by atoms with van der Waals surface area (Å²) in [5.41, 5.74) is 3.31. The SMILES string of the molecule is CC(C)C(=O)Nc1ccccc1-c1c[nH]c([C@@H]2CCC3CC(c4c(-n5cnnn5)ccc(Cl)c4F)=CC(=O)N32)n1. The topological polar surface area (TPSA) is 122 Å². The molecule has 6 rings (SSSR count). The number of rotatable bonds is 6. The van der Waals surface area contributed by atoms with Gasteiger partial charge in [-0.05, 0) is 53.5 Å². The quantitative estimate of drug-likeness (QED) is 0.344. The van der Waals surface area contributed by atoms with Gasteiger partial charge < -0.3 is 15.2 Å². The number of fused-ring (bicyclic) bond motifs is 1. The summed E-state index contributed by atoms with van der Waals surface area (Å²) in [4.78, 5) is 35.7. The lowest BCUT2D eigenvalue weighted by Crippen LogP contribution is -2.39. The number of halogens is 2. The standard InChI is InChI=1S/C28H26ClFN8O2/c1-15(2)28(40)34-20-6-4-3-5-18(20)21-13-31-27(33-21)23-9-7-17-11-16(12-24(39)38(17)23)25-22(37-14-32-35-36-37)10-8-19(29)26(25)30/h3-6,8,10,12-15,17,23H,7,9,11H2,1-2H3,(H,31,33)(H,34,40)/t17?,23-/m0/s1. The van der Waals surface area contributed by atoms with E-state index in [2.05, 4.69) is 25.8 Å². The number of imidazole rings is 1. The number of nitrogens with one attached hydrogen (secondary N) is 2. The highest BCUT2D eigenvalue weighted by Gasteiger charge is 2.42. The molecule has 2 aliphatic heterocycles. The third-order valence-corrected chi connectivity index (χ3v) is 7.69. The highest BCUT2D eigenvalue weighted by atomic mass is 35.5. The summed E-state index contributed by atoms with van der Waals surface area (Å²) in [6.45, 7) is 3.67. The lowest BCUT2D eigenvalue weighted by atomic mass is 9.92. The van der Waals surface area contributed by atoms with Crippen LogP contribution in [-0.4, -0.2) is 52.9 Å². The third-order valence-electron chi connectivity index (χ3n) is 7.40. The van der Waals surface area contributed by atoms with Crippen molar-refractivity contribution >= 4 is 34.7 Å². The van der Waals surface area contributed by atoms with E-state index < -0.39 is 5.82 Å². The molecular formula is C28H26ClFN8O2. The van der Waals surface area contributed by atoms with Gasteiger partial charge in [-0.2, -0.15) is 4.68 Å². The van der Waals surface area contributed by atoms with Gasteiger partial charge in [-0.25, -0.2) is 9.37 Å². The number of tetrazole rings is 1. The van der Waals surface area contributed by atoms with Crippen molar-refractivity contribution in [2.24, 2.45) is 5.92 Å². The number of anilines is 1. The summed E-state index contributed by atoms with van der Waals surface area (Å²) < 4.78 is 16.7. The average molecular weight is 561 g/mol. The van der Waals surface area contributed by atoms with Crippen molar-refractivity contribution in [2.45, 2.75) is 45.2 Å². The number of hydrogen-bond acceptors (Lipinski definition) is 6. The first-order valence-electron chi connectivity index (χ1n) is 13.0. The number of hydrogen-bond donors (Lipinski definition) is 2. The van der Waals surface area contributed by atoms with Crippen molar-refractivity contribution in [1.29, 1.82) is 0 Å². The normalized spacial score (nSPS) is 18.7. The van der Waals surface area contributed by atoms with Crippen LogP contribution in [-0.2, 0) is 9.59 Å². The first-order chi connectivity index (χ1) is 19.3. The van der Waals surface area contributed by atoms with E-state index in [0.717, 1.165) is 12.0 Å². The van der Waals surface area contributed by atoms with Crippen LogP contribution in [0.5, 0.6) is 0 Å². The zero-order valence-electron chi connectivity index (χ0n) is 21.8. The minimum Gasteiger partial charge on any atom is -0.346 e. The zero-order valence-corrected chi connectivity index (χ0v) is 22.6. The van der Waals surface area contributed by atoms with Crippen LogP contribution in [0.25, 0.3) is 22.5 Å². The molecule has 1 fully saturated rings. The van der Waals surface area contributed by atoms with E-state index in [1.54, 1.807) is 12.3 Å². The molecule has 2 atom stereocenters. The maximum absolute atomic E-state index is 15.4. The van der Waals surface area contributed by atoms with Crippen molar-refractivity contribution in [3.63, 3.8) is 0 Å². The van der Waals surface area contributed by atoms with Gasteiger partial charge in [0.1, 0.15) is 12.2 Å². The highest BCUT2D eigenvalue weighted by molar-refractivity contribution is 6.31. The Morgan fingerprint density at radius 3 is 2.80 bits per heavy atom. The van der Waals surface area contributed by atoms with Gasteiger partial charge in [-0.15, -0.1) is 5.10 Å².